The van der Waals surface area contributed by atoms with Crippen molar-refractivity contribution in [3.05, 3.63) is 0 Å². The summed E-state index contributed by atoms with van der Waals surface area (Å²) in [6, 6.07) is 0. The summed E-state index contributed by atoms with van der Waals surface area (Å²) in [6.45, 7) is 5.14. The van der Waals surface area contributed by atoms with Crippen LogP contribution in [0.25, 0.3) is 0 Å². The fourth-order valence-corrected chi connectivity index (χ4v) is 2.19. The largest absolute Gasteiger partial charge is 0.481 e. The second-order valence-corrected chi connectivity index (χ2v) is 4.70. The second kappa shape index (κ2) is 6.11. The fraction of sp³-hybridized carbons (Fsp3) is 0.917. The molecule has 1 aliphatic rings. The van der Waals surface area contributed by atoms with Crippen LogP contribution < -0.4 is 0 Å². The van der Waals surface area contributed by atoms with Crippen LogP contribution in [-0.2, 0) is 9.53 Å². The first-order valence-corrected chi connectivity index (χ1v) is 5.97. The van der Waals surface area contributed by atoms with E-state index in [9.17, 15) is 4.79 Å². The van der Waals surface area contributed by atoms with Crippen LogP contribution in [0.5, 0.6) is 0 Å². The van der Waals surface area contributed by atoms with Crippen molar-refractivity contribution in [1.29, 1.82) is 0 Å². The van der Waals surface area contributed by atoms with Crippen LogP contribution in [0.4, 0.5) is 0 Å². The summed E-state index contributed by atoms with van der Waals surface area (Å²) in [5.74, 6) is -0.238. The third-order valence-corrected chi connectivity index (χ3v) is 3.13. The molecular formula is C12H22O3. The molecule has 3 nitrogen and oxygen atoms in total. The van der Waals surface area contributed by atoms with Crippen LogP contribution in [0, 0.1) is 11.8 Å². The van der Waals surface area contributed by atoms with Gasteiger partial charge in [0.1, 0.15) is 0 Å². The van der Waals surface area contributed by atoms with Gasteiger partial charge in [0.25, 0.3) is 0 Å². The van der Waals surface area contributed by atoms with Crippen molar-refractivity contribution in [2.24, 2.45) is 11.8 Å². The van der Waals surface area contributed by atoms with Crippen LogP contribution >= 0.6 is 0 Å². The highest BCUT2D eigenvalue weighted by Gasteiger charge is 2.30. The number of aliphatic carboxylic acids is 1. The van der Waals surface area contributed by atoms with E-state index in [4.69, 9.17) is 9.84 Å². The predicted octanol–water partition coefficient (Wildman–Crippen LogP) is 2.69. The molecule has 0 heterocycles. The summed E-state index contributed by atoms with van der Waals surface area (Å²) in [5, 5.41) is 8.84. The quantitative estimate of drug-likeness (QED) is 0.739. The molecule has 0 spiro atoms. The van der Waals surface area contributed by atoms with Gasteiger partial charge in [0, 0.05) is 6.61 Å². The average molecular weight is 214 g/mol. The van der Waals surface area contributed by atoms with Crippen LogP contribution in [0.1, 0.15) is 46.0 Å². The van der Waals surface area contributed by atoms with Crippen molar-refractivity contribution >= 4 is 5.97 Å². The minimum absolute atomic E-state index is 0.170. The van der Waals surface area contributed by atoms with Crippen LogP contribution in [0.3, 0.4) is 0 Å². The zero-order valence-corrected chi connectivity index (χ0v) is 9.74. The van der Waals surface area contributed by atoms with Crippen LogP contribution in [0.2, 0.25) is 0 Å². The number of ether oxygens (including phenoxy) is 1. The molecule has 3 atom stereocenters. The predicted molar refractivity (Wildman–Crippen MR) is 58.8 cm³/mol. The molecule has 15 heavy (non-hydrogen) atoms. The zero-order chi connectivity index (χ0) is 11.3. The molecule has 3 unspecified atom stereocenters. The van der Waals surface area contributed by atoms with Crippen molar-refractivity contribution in [2.45, 2.75) is 52.1 Å². The first-order chi connectivity index (χ1) is 7.13. The van der Waals surface area contributed by atoms with Gasteiger partial charge in [0.2, 0.25) is 0 Å². The van der Waals surface area contributed by atoms with E-state index in [-0.39, 0.29) is 12.0 Å². The third-order valence-electron chi connectivity index (χ3n) is 3.13. The van der Waals surface area contributed by atoms with Gasteiger partial charge in [-0.15, -0.1) is 0 Å². The topological polar surface area (TPSA) is 46.5 Å². The van der Waals surface area contributed by atoms with Crippen molar-refractivity contribution in [3.63, 3.8) is 0 Å². The lowest BCUT2D eigenvalue weighted by Gasteiger charge is -2.15. The highest BCUT2D eigenvalue weighted by molar-refractivity contribution is 5.70. The van der Waals surface area contributed by atoms with Gasteiger partial charge in [-0.25, -0.2) is 0 Å². The molecule has 3 heteroatoms. The second-order valence-electron chi connectivity index (χ2n) is 4.70. The monoisotopic (exact) mass is 214 g/mol. The minimum atomic E-state index is -0.664. The normalized spacial score (nSPS) is 27.9. The summed E-state index contributed by atoms with van der Waals surface area (Å²) in [4.78, 5) is 10.7. The number of hydrogen-bond donors (Lipinski definition) is 1. The molecule has 0 aliphatic heterocycles. The molecule has 0 aromatic rings. The fourth-order valence-electron chi connectivity index (χ4n) is 2.19. The smallest absolute Gasteiger partial charge is 0.306 e. The Labute approximate surface area is 91.8 Å². The molecule has 0 aromatic heterocycles. The van der Waals surface area contributed by atoms with Gasteiger partial charge in [-0.2, -0.15) is 0 Å². The molecule has 1 N–H and O–H groups in total. The van der Waals surface area contributed by atoms with E-state index in [1.54, 1.807) is 0 Å². The maximum absolute atomic E-state index is 10.7. The highest BCUT2D eigenvalue weighted by atomic mass is 16.5. The molecule has 1 saturated carbocycles. The van der Waals surface area contributed by atoms with Crippen LogP contribution in [0.15, 0.2) is 0 Å². The summed E-state index contributed by atoms with van der Waals surface area (Å²) < 4.78 is 5.73. The molecule has 0 radical (unpaired) electrons. The Hall–Kier alpha value is -0.570. The molecule has 1 rings (SSSR count). The van der Waals surface area contributed by atoms with E-state index in [2.05, 4.69) is 13.8 Å². The Bertz CT molecular complexity index is 203. The van der Waals surface area contributed by atoms with Gasteiger partial charge < -0.3 is 9.84 Å². The lowest BCUT2D eigenvalue weighted by atomic mass is 10.1. The van der Waals surface area contributed by atoms with Gasteiger partial charge in [-0.05, 0) is 31.6 Å². The lowest BCUT2D eigenvalue weighted by molar-refractivity contribution is -0.141. The lowest BCUT2D eigenvalue weighted by Crippen LogP contribution is -2.16. The van der Waals surface area contributed by atoms with Crippen molar-refractivity contribution in [2.75, 3.05) is 6.61 Å². The number of carboxylic acids is 1. The SMILES string of the molecule is CCCC(C)COC1CCC(C(=O)O)C1. The van der Waals surface area contributed by atoms with Gasteiger partial charge in [-0.1, -0.05) is 20.3 Å². The van der Waals surface area contributed by atoms with E-state index < -0.39 is 5.97 Å². The first-order valence-electron chi connectivity index (χ1n) is 5.97. The number of carboxylic acid groups (broad SMARTS) is 1. The summed E-state index contributed by atoms with van der Waals surface area (Å²) in [7, 11) is 0. The van der Waals surface area contributed by atoms with E-state index in [1.165, 1.54) is 12.8 Å². The molecule has 88 valence electrons. The number of hydrogen-bond acceptors (Lipinski definition) is 2. The Morgan fingerprint density at radius 1 is 1.53 bits per heavy atom. The molecule has 0 saturated heterocycles. The summed E-state index contributed by atoms with van der Waals surface area (Å²) in [5.41, 5.74) is 0. The van der Waals surface area contributed by atoms with Gasteiger partial charge in [0.05, 0.1) is 12.0 Å². The van der Waals surface area contributed by atoms with Crippen LogP contribution in [-0.4, -0.2) is 23.8 Å². The Kier molecular flexibility index (Phi) is 5.09. The Morgan fingerprint density at radius 3 is 2.80 bits per heavy atom. The van der Waals surface area contributed by atoms with Gasteiger partial charge >= 0.3 is 5.97 Å². The summed E-state index contributed by atoms with van der Waals surface area (Å²) in [6.07, 6.45) is 4.96. The minimum Gasteiger partial charge on any atom is -0.481 e. The van der Waals surface area contributed by atoms with E-state index in [1.807, 2.05) is 0 Å². The Morgan fingerprint density at radius 2 is 2.27 bits per heavy atom. The zero-order valence-electron chi connectivity index (χ0n) is 9.74. The molecule has 0 amide bonds. The van der Waals surface area contributed by atoms with Crippen molar-refractivity contribution in [3.8, 4) is 0 Å². The Balaban J connectivity index is 2.16. The van der Waals surface area contributed by atoms with Crippen molar-refractivity contribution < 1.29 is 14.6 Å². The molecule has 1 aliphatic carbocycles. The van der Waals surface area contributed by atoms with Gasteiger partial charge in [0.15, 0.2) is 0 Å². The molecular weight excluding hydrogens is 192 g/mol. The average Bonchev–Trinajstić information content (AvgIpc) is 2.63. The maximum atomic E-state index is 10.7. The molecule has 1 fully saturated rings. The van der Waals surface area contributed by atoms with Crippen molar-refractivity contribution in [1.82, 2.24) is 0 Å². The van der Waals surface area contributed by atoms with Gasteiger partial charge in [-0.3, -0.25) is 4.79 Å². The van der Waals surface area contributed by atoms with E-state index >= 15 is 0 Å². The van der Waals surface area contributed by atoms with E-state index in [0.29, 0.717) is 12.3 Å². The third kappa shape index (κ3) is 4.20. The number of rotatable bonds is 6. The molecule has 0 bridgehead atoms. The summed E-state index contributed by atoms with van der Waals surface area (Å²) >= 11 is 0. The standard InChI is InChI=1S/C12H22O3/c1-3-4-9(2)8-15-11-6-5-10(7-11)12(13)14/h9-11H,3-8H2,1-2H3,(H,13,14). The maximum Gasteiger partial charge on any atom is 0.306 e. The molecule has 0 aromatic carbocycles. The highest BCUT2D eigenvalue weighted by Crippen LogP contribution is 2.28. The van der Waals surface area contributed by atoms with E-state index in [0.717, 1.165) is 19.4 Å². The number of carbonyl (C=O) groups is 1. The first kappa shape index (κ1) is 12.5.